The lowest BCUT2D eigenvalue weighted by Crippen LogP contribution is -2.05. The summed E-state index contributed by atoms with van der Waals surface area (Å²) < 4.78 is 8.08. The Morgan fingerprint density at radius 1 is 1.00 bits per heavy atom. The summed E-state index contributed by atoms with van der Waals surface area (Å²) in [6, 6.07) is 16.5. The first-order chi connectivity index (χ1) is 10.3. The Balaban J connectivity index is 1.80. The van der Waals surface area contributed by atoms with Gasteiger partial charge in [0, 0.05) is 6.54 Å². The van der Waals surface area contributed by atoms with Crippen molar-refractivity contribution in [2.24, 2.45) is 0 Å². The highest BCUT2D eigenvalue weighted by Gasteiger charge is 2.09. The van der Waals surface area contributed by atoms with Crippen molar-refractivity contribution in [3.63, 3.8) is 0 Å². The highest BCUT2D eigenvalue weighted by atomic mass is 16.5. The van der Waals surface area contributed by atoms with Crippen LogP contribution in [0.4, 0.5) is 0 Å². The standard InChI is InChI=1S/C18H20N2O/c1-3-14-9-11-15(12-10-14)21-13-18-19-16-7-5-6-8-17(16)20(18)4-2/h5-12H,3-4,13H2,1-2H3. The first-order valence-corrected chi connectivity index (χ1v) is 7.47. The molecule has 0 aliphatic rings. The molecule has 3 nitrogen and oxygen atoms in total. The van der Waals surface area contributed by atoms with Crippen LogP contribution in [0.1, 0.15) is 25.2 Å². The molecule has 3 aromatic rings. The third-order valence-corrected chi connectivity index (χ3v) is 3.75. The molecule has 0 amide bonds. The summed E-state index contributed by atoms with van der Waals surface area (Å²) >= 11 is 0. The number of aryl methyl sites for hydroxylation is 2. The Morgan fingerprint density at radius 2 is 1.76 bits per heavy atom. The second-order valence-electron chi connectivity index (χ2n) is 5.05. The maximum absolute atomic E-state index is 5.88. The van der Waals surface area contributed by atoms with Crippen molar-refractivity contribution >= 4 is 11.0 Å². The number of imidazole rings is 1. The molecule has 21 heavy (non-hydrogen) atoms. The zero-order chi connectivity index (χ0) is 14.7. The minimum absolute atomic E-state index is 0.494. The van der Waals surface area contributed by atoms with Gasteiger partial charge in [-0.2, -0.15) is 0 Å². The van der Waals surface area contributed by atoms with Gasteiger partial charge in [0.05, 0.1) is 11.0 Å². The van der Waals surface area contributed by atoms with Gasteiger partial charge < -0.3 is 9.30 Å². The highest BCUT2D eigenvalue weighted by molar-refractivity contribution is 5.75. The van der Waals surface area contributed by atoms with E-state index in [1.54, 1.807) is 0 Å². The van der Waals surface area contributed by atoms with Gasteiger partial charge in [0.1, 0.15) is 18.2 Å². The third-order valence-electron chi connectivity index (χ3n) is 3.75. The van der Waals surface area contributed by atoms with Crippen molar-refractivity contribution in [2.75, 3.05) is 0 Å². The summed E-state index contributed by atoms with van der Waals surface area (Å²) in [7, 11) is 0. The van der Waals surface area contributed by atoms with Crippen molar-refractivity contribution in [1.82, 2.24) is 9.55 Å². The molecule has 2 aromatic carbocycles. The van der Waals surface area contributed by atoms with Crippen LogP contribution in [-0.2, 0) is 19.6 Å². The maximum atomic E-state index is 5.88. The molecule has 0 fully saturated rings. The van der Waals surface area contributed by atoms with Gasteiger partial charge in [-0.25, -0.2) is 4.98 Å². The lowest BCUT2D eigenvalue weighted by atomic mass is 10.2. The topological polar surface area (TPSA) is 27.1 Å². The summed E-state index contributed by atoms with van der Waals surface area (Å²) in [5.74, 6) is 1.86. The van der Waals surface area contributed by atoms with Gasteiger partial charge in [0.2, 0.25) is 0 Å². The van der Waals surface area contributed by atoms with E-state index in [1.807, 2.05) is 30.3 Å². The van der Waals surface area contributed by atoms with Crippen molar-refractivity contribution in [2.45, 2.75) is 33.4 Å². The number of rotatable bonds is 5. The average Bonchev–Trinajstić information content (AvgIpc) is 2.91. The van der Waals surface area contributed by atoms with Crippen molar-refractivity contribution in [3.05, 3.63) is 59.9 Å². The molecule has 1 aromatic heterocycles. The number of ether oxygens (including phenoxy) is 1. The van der Waals surface area contributed by atoms with Crippen LogP contribution in [0.5, 0.6) is 5.75 Å². The van der Waals surface area contributed by atoms with E-state index < -0.39 is 0 Å². The molecule has 1 heterocycles. The van der Waals surface area contributed by atoms with Crippen LogP contribution >= 0.6 is 0 Å². The SMILES string of the molecule is CCc1ccc(OCc2nc3ccccc3n2CC)cc1. The molecule has 0 bridgehead atoms. The number of aromatic nitrogens is 2. The number of benzene rings is 2. The van der Waals surface area contributed by atoms with Crippen molar-refractivity contribution in [1.29, 1.82) is 0 Å². The molecule has 0 saturated carbocycles. The zero-order valence-corrected chi connectivity index (χ0v) is 12.5. The molecule has 0 spiro atoms. The molecule has 0 unspecified atom stereocenters. The predicted octanol–water partition coefficient (Wildman–Crippen LogP) is 4.20. The molecular formula is C18H20N2O. The van der Waals surface area contributed by atoms with Crippen LogP contribution in [0, 0.1) is 0 Å². The Labute approximate surface area is 125 Å². The summed E-state index contributed by atoms with van der Waals surface area (Å²) in [6.07, 6.45) is 1.05. The number of hydrogen-bond donors (Lipinski definition) is 0. The summed E-state index contributed by atoms with van der Waals surface area (Å²) in [5.41, 5.74) is 3.52. The molecule has 0 aliphatic heterocycles. The second-order valence-corrected chi connectivity index (χ2v) is 5.05. The summed E-state index contributed by atoms with van der Waals surface area (Å²) in [5, 5.41) is 0. The molecule has 0 N–H and O–H groups in total. The number of hydrogen-bond acceptors (Lipinski definition) is 2. The van der Waals surface area contributed by atoms with Crippen LogP contribution in [0.25, 0.3) is 11.0 Å². The fraction of sp³-hybridized carbons (Fsp3) is 0.278. The van der Waals surface area contributed by atoms with Gasteiger partial charge in [-0.3, -0.25) is 0 Å². The molecule has 0 radical (unpaired) electrons. The van der Waals surface area contributed by atoms with E-state index in [9.17, 15) is 0 Å². The van der Waals surface area contributed by atoms with E-state index >= 15 is 0 Å². The fourth-order valence-electron chi connectivity index (χ4n) is 2.56. The molecule has 3 heteroatoms. The lowest BCUT2D eigenvalue weighted by molar-refractivity contribution is 0.290. The average molecular weight is 280 g/mol. The fourth-order valence-corrected chi connectivity index (χ4v) is 2.56. The van der Waals surface area contributed by atoms with E-state index in [-0.39, 0.29) is 0 Å². The van der Waals surface area contributed by atoms with E-state index in [0.29, 0.717) is 6.61 Å². The molecular weight excluding hydrogens is 260 g/mol. The smallest absolute Gasteiger partial charge is 0.147 e. The molecule has 108 valence electrons. The summed E-state index contributed by atoms with van der Waals surface area (Å²) in [6.45, 7) is 5.68. The molecule has 3 rings (SSSR count). The van der Waals surface area contributed by atoms with Gasteiger partial charge in [0.25, 0.3) is 0 Å². The van der Waals surface area contributed by atoms with Gasteiger partial charge in [-0.15, -0.1) is 0 Å². The van der Waals surface area contributed by atoms with E-state index in [4.69, 9.17) is 4.74 Å². The number of fused-ring (bicyclic) bond motifs is 1. The van der Waals surface area contributed by atoms with Gasteiger partial charge in [0.15, 0.2) is 0 Å². The van der Waals surface area contributed by atoms with Crippen LogP contribution in [0.3, 0.4) is 0 Å². The quantitative estimate of drug-likeness (QED) is 0.700. The first kappa shape index (κ1) is 13.7. The Kier molecular flexibility index (Phi) is 3.91. The zero-order valence-electron chi connectivity index (χ0n) is 12.5. The van der Waals surface area contributed by atoms with Crippen LogP contribution in [-0.4, -0.2) is 9.55 Å². The minimum Gasteiger partial charge on any atom is -0.486 e. The van der Waals surface area contributed by atoms with Crippen LogP contribution in [0.2, 0.25) is 0 Å². The molecule has 0 atom stereocenters. The van der Waals surface area contributed by atoms with Crippen molar-refractivity contribution < 1.29 is 4.74 Å². The predicted molar refractivity (Wildman–Crippen MR) is 85.6 cm³/mol. The Bertz CT molecular complexity index is 729. The van der Waals surface area contributed by atoms with Gasteiger partial charge in [-0.1, -0.05) is 31.2 Å². The van der Waals surface area contributed by atoms with Gasteiger partial charge >= 0.3 is 0 Å². The number of nitrogens with zero attached hydrogens (tertiary/aromatic N) is 2. The van der Waals surface area contributed by atoms with Crippen molar-refractivity contribution in [3.8, 4) is 5.75 Å². The second kappa shape index (κ2) is 6.00. The Morgan fingerprint density at radius 3 is 2.48 bits per heavy atom. The maximum Gasteiger partial charge on any atom is 0.147 e. The monoisotopic (exact) mass is 280 g/mol. The first-order valence-electron chi connectivity index (χ1n) is 7.47. The molecule has 0 saturated heterocycles. The third kappa shape index (κ3) is 2.77. The van der Waals surface area contributed by atoms with Crippen LogP contribution < -0.4 is 4.74 Å². The van der Waals surface area contributed by atoms with E-state index in [0.717, 1.165) is 30.1 Å². The largest absolute Gasteiger partial charge is 0.486 e. The van der Waals surface area contributed by atoms with Crippen LogP contribution in [0.15, 0.2) is 48.5 Å². The molecule has 0 aliphatic carbocycles. The minimum atomic E-state index is 0.494. The summed E-state index contributed by atoms with van der Waals surface area (Å²) in [4.78, 5) is 4.67. The normalized spacial score (nSPS) is 11.0. The van der Waals surface area contributed by atoms with E-state index in [1.165, 1.54) is 11.1 Å². The highest BCUT2D eigenvalue weighted by Crippen LogP contribution is 2.18. The van der Waals surface area contributed by atoms with Gasteiger partial charge in [-0.05, 0) is 43.2 Å². The number of para-hydroxylation sites is 2. The lowest BCUT2D eigenvalue weighted by Gasteiger charge is -2.08. The Hall–Kier alpha value is -2.29. The van der Waals surface area contributed by atoms with E-state index in [2.05, 4.69) is 41.6 Å².